The monoisotopic (exact) mass is 298 g/mol. The van der Waals surface area contributed by atoms with Crippen molar-refractivity contribution < 1.29 is 19.4 Å². The van der Waals surface area contributed by atoms with Gasteiger partial charge in [-0.25, -0.2) is 0 Å². The third-order valence-electron chi connectivity index (χ3n) is 3.97. The number of hydrogen-bond donors (Lipinski definition) is 1. The molecule has 0 saturated carbocycles. The van der Waals surface area contributed by atoms with Crippen molar-refractivity contribution in [2.24, 2.45) is 0 Å². The standard InChI is InChI=1S/C18H18O4/c1-2-12-3-5-13(6-4-12)9-15(18(19)20)14-7-8-16-17(10-14)22-11-21-16/h3-8,10,15H,2,9,11H2,1H3,(H,19,20). The van der Waals surface area contributed by atoms with E-state index in [4.69, 9.17) is 9.47 Å². The molecule has 1 unspecified atom stereocenters. The molecule has 0 amide bonds. The van der Waals surface area contributed by atoms with Crippen LogP contribution in [0.3, 0.4) is 0 Å². The predicted molar refractivity (Wildman–Crippen MR) is 82.5 cm³/mol. The van der Waals surface area contributed by atoms with Gasteiger partial charge in [-0.15, -0.1) is 0 Å². The number of ether oxygens (including phenoxy) is 2. The maximum atomic E-state index is 11.7. The molecule has 1 N–H and O–H groups in total. The molecular weight excluding hydrogens is 280 g/mol. The molecule has 3 rings (SSSR count). The van der Waals surface area contributed by atoms with E-state index in [9.17, 15) is 9.90 Å². The molecular formula is C18H18O4. The van der Waals surface area contributed by atoms with E-state index in [2.05, 4.69) is 6.92 Å². The lowest BCUT2D eigenvalue weighted by molar-refractivity contribution is -0.138. The summed E-state index contributed by atoms with van der Waals surface area (Å²) >= 11 is 0. The molecule has 0 aromatic heterocycles. The summed E-state index contributed by atoms with van der Waals surface area (Å²) in [6.45, 7) is 2.29. The molecule has 0 aliphatic carbocycles. The molecule has 0 spiro atoms. The lowest BCUT2D eigenvalue weighted by Gasteiger charge is -2.14. The molecule has 1 aliphatic heterocycles. The van der Waals surface area contributed by atoms with Crippen molar-refractivity contribution in [3.63, 3.8) is 0 Å². The van der Waals surface area contributed by atoms with Crippen molar-refractivity contribution in [2.45, 2.75) is 25.7 Å². The molecule has 1 atom stereocenters. The Hall–Kier alpha value is -2.49. The molecule has 1 aliphatic rings. The van der Waals surface area contributed by atoms with Gasteiger partial charge in [0.15, 0.2) is 11.5 Å². The second kappa shape index (κ2) is 6.10. The van der Waals surface area contributed by atoms with Crippen molar-refractivity contribution in [1.29, 1.82) is 0 Å². The Labute approximate surface area is 129 Å². The van der Waals surface area contributed by atoms with Gasteiger partial charge in [0.05, 0.1) is 5.92 Å². The van der Waals surface area contributed by atoms with Gasteiger partial charge in [-0.2, -0.15) is 0 Å². The summed E-state index contributed by atoms with van der Waals surface area (Å²) in [6, 6.07) is 13.4. The smallest absolute Gasteiger partial charge is 0.311 e. The average molecular weight is 298 g/mol. The summed E-state index contributed by atoms with van der Waals surface area (Å²) in [5, 5.41) is 9.57. The van der Waals surface area contributed by atoms with E-state index in [-0.39, 0.29) is 6.79 Å². The van der Waals surface area contributed by atoms with E-state index in [1.54, 1.807) is 18.2 Å². The summed E-state index contributed by atoms with van der Waals surface area (Å²) in [7, 11) is 0. The molecule has 0 bridgehead atoms. The highest BCUT2D eigenvalue weighted by atomic mass is 16.7. The number of carboxylic acids is 1. The van der Waals surface area contributed by atoms with Crippen LogP contribution in [0.2, 0.25) is 0 Å². The van der Waals surface area contributed by atoms with Crippen molar-refractivity contribution in [3.8, 4) is 11.5 Å². The highest BCUT2D eigenvalue weighted by Crippen LogP contribution is 2.35. The zero-order valence-corrected chi connectivity index (χ0v) is 12.4. The van der Waals surface area contributed by atoms with Crippen LogP contribution < -0.4 is 9.47 Å². The van der Waals surface area contributed by atoms with E-state index >= 15 is 0 Å². The van der Waals surface area contributed by atoms with Gasteiger partial charge < -0.3 is 14.6 Å². The van der Waals surface area contributed by atoms with Gasteiger partial charge in [-0.05, 0) is 41.7 Å². The van der Waals surface area contributed by atoms with E-state index in [1.807, 2.05) is 24.3 Å². The number of aryl methyl sites for hydroxylation is 1. The van der Waals surface area contributed by atoms with Crippen LogP contribution in [-0.4, -0.2) is 17.9 Å². The van der Waals surface area contributed by atoms with Crippen molar-refractivity contribution in [1.82, 2.24) is 0 Å². The molecule has 22 heavy (non-hydrogen) atoms. The molecule has 0 fully saturated rings. The normalized spacial score (nSPS) is 13.9. The Morgan fingerprint density at radius 1 is 1.09 bits per heavy atom. The Morgan fingerprint density at radius 3 is 2.45 bits per heavy atom. The summed E-state index contributed by atoms with van der Waals surface area (Å²) in [6.07, 6.45) is 1.43. The van der Waals surface area contributed by atoms with Gasteiger partial charge in [0.2, 0.25) is 6.79 Å². The number of rotatable bonds is 5. The second-order valence-corrected chi connectivity index (χ2v) is 5.38. The van der Waals surface area contributed by atoms with Gasteiger partial charge in [0, 0.05) is 0 Å². The van der Waals surface area contributed by atoms with Crippen LogP contribution >= 0.6 is 0 Å². The largest absolute Gasteiger partial charge is 0.481 e. The van der Waals surface area contributed by atoms with Crippen LogP contribution in [0.1, 0.15) is 29.5 Å². The lowest BCUT2D eigenvalue weighted by Crippen LogP contribution is -2.14. The van der Waals surface area contributed by atoms with E-state index in [0.717, 1.165) is 17.5 Å². The van der Waals surface area contributed by atoms with E-state index in [1.165, 1.54) is 5.56 Å². The third kappa shape index (κ3) is 2.91. The highest BCUT2D eigenvalue weighted by molar-refractivity contribution is 5.77. The summed E-state index contributed by atoms with van der Waals surface area (Å²) in [5.74, 6) is -0.148. The van der Waals surface area contributed by atoms with Gasteiger partial charge in [-0.1, -0.05) is 37.3 Å². The molecule has 114 valence electrons. The maximum Gasteiger partial charge on any atom is 0.311 e. The van der Waals surface area contributed by atoms with Crippen LogP contribution in [0.25, 0.3) is 0 Å². The summed E-state index contributed by atoms with van der Waals surface area (Å²) in [5.41, 5.74) is 3.00. The Bertz CT molecular complexity index is 676. The fraction of sp³-hybridized carbons (Fsp3) is 0.278. The number of hydrogen-bond acceptors (Lipinski definition) is 3. The van der Waals surface area contributed by atoms with Crippen LogP contribution in [0, 0.1) is 0 Å². The van der Waals surface area contributed by atoms with Gasteiger partial charge in [0.25, 0.3) is 0 Å². The number of benzene rings is 2. The SMILES string of the molecule is CCc1ccc(CC(C(=O)O)c2ccc3c(c2)OCO3)cc1. The molecule has 4 nitrogen and oxygen atoms in total. The number of aliphatic carboxylic acids is 1. The number of carboxylic acid groups (broad SMARTS) is 1. The Balaban J connectivity index is 1.84. The van der Waals surface area contributed by atoms with E-state index < -0.39 is 11.9 Å². The topological polar surface area (TPSA) is 55.8 Å². The van der Waals surface area contributed by atoms with Crippen LogP contribution in [0.15, 0.2) is 42.5 Å². The number of fused-ring (bicyclic) bond motifs is 1. The minimum Gasteiger partial charge on any atom is -0.481 e. The molecule has 2 aromatic rings. The maximum absolute atomic E-state index is 11.7. The summed E-state index contributed by atoms with van der Waals surface area (Å²) < 4.78 is 10.6. The molecule has 1 heterocycles. The van der Waals surface area contributed by atoms with E-state index in [0.29, 0.717) is 17.9 Å². The first-order valence-electron chi connectivity index (χ1n) is 7.37. The lowest BCUT2D eigenvalue weighted by atomic mass is 9.91. The zero-order valence-electron chi connectivity index (χ0n) is 12.4. The van der Waals surface area contributed by atoms with Crippen molar-refractivity contribution >= 4 is 5.97 Å². The average Bonchev–Trinajstić information content (AvgIpc) is 3.00. The van der Waals surface area contributed by atoms with Crippen LogP contribution in [0.4, 0.5) is 0 Å². The third-order valence-corrected chi connectivity index (χ3v) is 3.97. The molecule has 0 radical (unpaired) electrons. The fourth-order valence-corrected chi connectivity index (χ4v) is 2.62. The quantitative estimate of drug-likeness (QED) is 0.919. The second-order valence-electron chi connectivity index (χ2n) is 5.38. The summed E-state index contributed by atoms with van der Waals surface area (Å²) in [4.78, 5) is 11.7. The minimum absolute atomic E-state index is 0.189. The molecule has 4 heteroatoms. The Morgan fingerprint density at radius 2 is 1.77 bits per heavy atom. The van der Waals surface area contributed by atoms with Crippen LogP contribution in [-0.2, 0) is 17.6 Å². The Kier molecular flexibility index (Phi) is 4.00. The minimum atomic E-state index is -0.835. The van der Waals surface area contributed by atoms with Gasteiger partial charge >= 0.3 is 5.97 Å². The first kappa shape index (κ1) is 14.4. The van der Waals surface area contributed by atoms with Crippen molar-refractivity contribution in [2.75, 3.05) is 6.79 Å². The van der Waals surface area contributed by atoms with Crippen molar-refractivity contribution in [3.05, 3.63) is 59.2 Å². The van der Waals surface area contributed by atoms with Gasteiger partial charge in [-0.3, -0.25) is 4.79 Å². The predicted octanol–water partition coefficient (Wildman–Crippen LogP) is 3.39. The molecule has 0 saturated heterocycles. The fourth-order valence-electron chi connectivity index (χ4n) is 2.62. The first-order chi connectivity index (χ1) is 10.7. The number of carbonyl (C=O) groups is 1. The van der Waals surface area contributed by atoms with Crippen LogP contribution in [0.5, 0.6) is 11.5 Å². The molecule has 2 aromatic carbocycles. The van der Waals surface area contributed by atoms with Gasteiger partial charge in [0.1, 0.15) is 0 Å². The highest BCUT2D eigenvalue weighted by Gasteiger charge is 2.23. The first-order valence-corrected chi connectivity index (χ1v) is 7.37. The zero-order chi connectivity index (χ0) is 15.5.